The van der Waals surface area contributed by atoms with Crippen LogP contribution >= 0.6 is 0 Å². The predicted molar refractivity (Wildman–Crippen MR) is 89.4 cm³/mol. The fourth-order valence-electron chi connectivity index (χ4n) is 2.38. The summed E-state index contributed by atoms with van der Waals surface area (Å²) in [6.07, 6.45) is 0. The standard InChI is InChI=1S/C18H17N3O3/c1-18(2,13-8-4-3-5-9-13)17(23)24-12-21-16(22)14-10-6-7-11-15(14)19-20-21/h3-11H,12H2,1-2H3. The van der Waals surface area contributed by atoms with Gasteiger partial charge in [0.2, 0.25) is 0 Å². The Labute approximate surface area is 138 Å². The molecule has 1 aromatic heterocycles. The van der Waals surface area contributed by atoms with E-state index in [2.05, 4.69) is 10.3 Å². The van der Waals surface area contributed by atoms with E-state index >= 15 is 0 Å². The van der Waals surface area contributed by atoms with Gasteiger partial charge in [-0.25, -0.2) is 0 Å². The molecule has 0 aliphatic carbocycles. The second kappa shape index (κ2) is 6.23. The van der Waals surface area contributed by atoms with Gasteiger partial charge in [-0.15, -0.1) is 5.10 Å². The number of fused-ring (bicyclic) bond motifs is 1. The van der Waals surface area contributed by atoms with Gasteiger partial charge in [-0.2, -0.15) is 4.68 Å². The number of esters is 1. The van der Waals surface area contributed by atoms with Crippen LogP contribution in [0.1, 0.15) is 19.4 Å². The first kappa shape index (κ1) is 15.9. The van der Waals surface area contributed by atoms with Crippen LogP contribution in [-0.4, -0.2) is 21.0 Å². The smallest absolute Gasteiger partial charge is 0.317 e. The van der Waals surface area contributed by atoms with Gasteiger partial charge < -0.3 is 4.74 Å². The van der Waals surface area contributed by atoms with Crippen molar-refractivity contribution in [1.82, 2.24) is 15.0 Å². The van der Waals surface area contributed by atoms with E-state index in [4.69, 9.17) is 4.74 Å². The molecule has 2 aromatic carbocycles. The lowest BCUT2D eigenvalue weighted by Gasteiger charge is -2.22. The highest BCUT2D eigenvalue weighted by Crippen LogP contribution is 2.24. The largest absolute Gasteiger partial charge is 0.441 e. The first-order valence-electron chi connectivity index (χ1n) is 7.55. The molecular weight excluding hydrogens is 306 g/mol. The fraction of sp³-hybridized carbons (Fsp3) is 0.222. The minimum atomic E-state index is -0.824. The second-order valence-corrected chi connectivity index (χ2v) is 5.96. The zero-order valence-electron chi connectivity index (χ0n) is 13.5. The van der Waals surface area contributed by atoms with E-state index in [1.165, 1.54) is 0 Å². The maximum Gasteiger partial charge on any atom is 0.317 e. The number of ether oxygens (including phenoxy) is 1. The average Bonchev–Trinajstić information content (AvgIpc) is 2.62. The molecule has 0 bridgehead atoms. The van der Waals surface area contributed by atoms with E-state index in [1.54, 1.807) is 38.1 Å². The molecule has 0 saturated carbocycles. The van der Waals surface area contributed by atoms with E-state index < -0.39 is 11.4 Å². The van der Waals surface area contributed by atoms with Crippen molar-refractivity contribution in [2.45, 2.75) is 26.0 Å². The van der Waals surface area contributed by atoms with Crippen LogP contribution in [0.3, 0.4) is 0 Å². The van der Waals surface area contributed by atoms with E-state index in [1.807, 2.05) is 30.3 Å². The quantitative estimate of drug-likeness (QED) is 0.689. The minimum absolute atomic E-state index is 0.272. The van der Waals surface area contributed by atoms with Crippen LogP contribution < -0.4 is 5.56 Å². The maximum atomic E-state index is 12.4. The summed E-state index contributed by atoms with van der Waals surface area (Å²) in [5.41, 5.74) is 0.183. The van der Waals surface area contributed by atoms with Crippen molar-refractivity contribution in [2.24, 2.45) is 0 Å². The lowest BCUT2D eigenvalue weighted by molar-refractivity contribution is -0.154. The van der Waals surface area contributed by atoms with Crippen LogP contribution in [0.15, 0.2) is 59.4 Å². The predicted octanol–water partition coefficient (Wildman–Crippen LogP) is 2.27. The Morgan fingerprint density at radius 3 is 2.50 bits per heavy atom. The monoisotopic (exact) mass is 323 g/mol. The van der Waals surface area contributed by atoms with Crippen molar-refractivity contribution >= 4 is 16.9 Å². The summed E-state index contributed by atoms with van der Waals surface area (Å²) in [6, 6.07) is 16.2. The minimum Gasteiger partial charge on any atom is -0.441 e. The molecule has 0 unspecified atom stereocenters. The van der Waals surface area contributed by atoms with Crippen LogP contribution in [0.5, 0.6) is 0 Å². The van der Waals surface area contributed by atoms with Gasteiger partial charge in [0.15, 0.2) is 6.73 Å². The number of rotatable bonds is 4. The molecule has 0 amide bonds. The van der Waals surface area contributed by atoms with Gasteiger partial charge in [-0.1, -0.05) is 47.7 Å². The highest BCUT2D eigenvalue weighted by molar-refractivity contribution is 5.82. The summed E-state index contributed by atoms with van der Waals surface area (Å²) in [5.74, 6) is -0.435. The van der Waals surface area contributed by atoms with E-state index in [0.717, 1.165) is 10.2 Å². The Morgan fingerprint density at radius 2 is 1.75 bits per heavy atom. The molecule has 1 heterocycles. The molecule has 0 spiro atoms. The number of carbonyl (C=O) groups excluding carboxylic acids is 1. The van der Waals surface area contributed by atoms with Gasteiger partial charge in [0.05, 0.1) is 10.8 Å². The number of hydrogen-bond donors (Lipinski definition) is 0. The Hall–Kier alpha value is -3.02. The molecule has 0 aliphatic rings. The van der Waals surface area contributed by atoms with Gasteiger partial charge in [0.1, 0.15) is 5.52 Å². The van der Waals surface area contributed by atoms with Crippen molar-refractivity contribution in [3.05, 3.63) is 70.5 Å². The Balaban J connectivity index is 1.80. The molecule has 122 valence electrons. The third-order valence-corrected chi connectivity index (χ3v) is 3.95. The SMILES string of the molecule is CC(C)(C(=O)OCn1nnc2ccccc2c1=O)c1ccccc1. The normalized spacial score (nSPS) is 11.4. The lowest BCUT2D eigenvalue weighted by Crippen LogP contribution is -2.34. The van der Waals surface area contributed by atoms with E-state index in [9.17, 15) is 9.59 Å². The summed E-state index contributed by atoms with van der Waals surface area (Å²) < 4.78 is 6.34. The molecule has 0 radical (unpaired) electrons. The van der Waals surface area contributed by atoms with Crippen LogP contribution in [0.2, 0.25) is 0 Å². The summed E-state index contributed by atoms with van der Waals surface area (Å²) in [7, 11) is 0. The molecule has 6 nitrogen and oxygen atoms in total. The molecule has 24 heavy (non-hydrogen) atoms. The van der Waals surface area contributed by atoms with Crippen molar-refractivity contribution in [3.8, 4) is 0 Å². The number of carbonyl (C=O) groups is 1. The summed E-state index contributed by atoms with van der Waals surface area (Å²) in [4.78, 5) is 24.8. The van der Waals surface area contributed by atoms with Gasteiger partial charge >= 0.3 is 5.97 Å². The number of nitrogens with zero attached hydrogens (tertiary/aromatic N) is 3. The lowest BCUT2D eigenvalue weighted by atomic mass is 9.85. The summed E-state index contributed by atoms with van der Waals surface area (Å²) in [5, 5.41) is 8.21. The Morgan fingerprint density at radius 1 is 1.08 bits per heavy atom. The fourth-order valence-corrected chi connectivity index (χ4v) is 2.38. The molecule has 3 aromatic rings. The highest BCUT2D eigenvalue weighted by atomic mass is 16.5. The highest BCUT2D eigenvalue weighted by Gasteiger charge is 2.31. The van der Waals surface area contributed by atoms with Gasteiger partial charge in [-0.05, 0) is 31.5 Å². The Kier molecular flexibility index (Phi) is 4.12. The van der Waals surface area contributed by atoms with Crippen molar-refractivity contribution in [3.63, 3.8) is 0 Å². The van der Waals surface area contributed by atoms with E-state index in [0.29, 0.717) is 10.9 Å². The first-order valence-corrected chi connectivity index (χ1v) is 7.55. The first-order chi connectivity index (χ1) is 11.5. The number of aromatic nitrogens is 3. The maximum absolute atomic E-state index is 12.4. The molecule has 0 atom stereocenters. The van der Waals surface area contributed by atoms with Crippen LogP contribution in [0.4, 0.5) is 0 Å². The molecule has 0 saturated heterocycles. The van der Waals surface area contributed by atoms with Crippen LogP contribution in [0.25, 0.3) is 10.9 Å². The molecular formula is C18H17N3O3. The van der Waals surface area contributed by atoms with Gasteiger partial charge in [-0.3, -0.25) is 9.59 Å². The molecule has 0 fully saturated rings. The third kappa shape index (κ3) is 2.90. The van der Waals surface area contributed by atoms with Gasteiger partial charge in [0.25, 0.3) is 5.56 Å². The van der Waals surface area contributed by atoms with Crippen molar-refractivity contribution < 1.29 is 9.53 Å². The van der Waals surface area contributed by atoms with Crippen LogP contribution in [-0.2, 0) is 21.7 Å². The second-order valence-electron chi connectivity index (χ2n) is 5.96. The summed E-state index contributed by atoms with van der Waals surface area (Å²) >= 11 is 0. The van der Waals surface area contributed by atoms with Gasteiger partial charge in [0, 0.05) is 0 Å². The topological polar surface area (TPSA) is 74.1 Å². The molecule has 6 heteroatoms. The summed E-state index contributed by atoms with van der Waals surface area (Å²) in [6.45, 7) is 3.28. The van der Waals surface area contributed by atoms with Crippen molar-refractivity contribution in [1.29, 1.82) is 0 Å². The zero-order valence-corrected chi connectivity index (χ0v) is 13.5. The molecule has 0 aliphatic heterocycles. The van der Waals surface area contributed by atoms with Crippen molar-refractivity contribution in [2.75, 3.05) is 0 Å². The molecule has 3 rings (SSSR count). The van der Waals surface area contributed by atoms with Crippen LogP contribution in [0, 0.1) is 0 Å². The average molecular weight is 323 g/mol. The third-order valence-electron chi connectivity index (χ3n) is 3.95. The van der Waals surface area contributed by atoms with E-state index in [-0.39, 0.29) is 12.3 Å². The Bertz CT molecular complexity index is 933. The number of benzene rings is 2. The number of hydrogen-bond acceptors (Lipinski definition) is 5. The zero-order chi connectivity index (χ0) is 17.2. The molecule has 0 N–H and O–H groups in total.